The number of hydrogen-bond donors (Lipinski definition) is 0. The molecular weight excluding hydrogens is 323 g/mol. The van der Waals surface area contributed by atoms with Gasteiger partial charge in [-0.05, 0) is 30.7 Å². The lowest BCUT2D eigenvalue weighted by Crippen LogP contribution is -2.17. The van der Waals surface area contributed by atoms with Crippen molar-refractivity contribution in [3.63, 3.8) is 0 Å². The van der Waals surface area contributed by atoms with Crippen molar-refractivity contribution >= 4 is 28.2 Å². The van der Waals surface area contributed by atoms with Gasteiger partial charge in [-0.15, -0.1) is 10.2 Å². The average molecular weight is 333 g/mol. The van der Waals surface area contributed by atoms with E-state index < -0.39 is 11.9 Å². The number of alkyl halides is 3. The zero-order chi connectivity index (χ0) is 14.9. The van der Waals surface area contributed by atoms with Crippen molar-refractivity contribution in [2.75, 3.05) is 18.0 Å². The van der Waals surface area contributed by atoms with E-state index in [4.69, 9.17) is 0 Å². The molecule has 21 heavy (non-hydrogen) atoms. The van der Waals surface area contributed by atoms with Gasteiger partial charge in [-0.1, -0.05) is 11.3 Å². The molecule has 2 aromatic heterocycles. The maximum absolute atomic E-state index is 12.6. The van der Waals surface area contributed by atoms with E-state index in [1.54, 1.807) is 0 Å². The molecule has 0 bridgehead atoms. The van der Waals surface area contributed by atoms with E-state index in [0.717, 1.165) is 55.1 Å². The SMILES string of the molecule is FC(F)(F)c1ccnc(Sc2nnc(N3CCCC3)s2)n1. The van der Waals surface area contributed by atoms with Gasteiger partial charge in [-0.25, -0.2) is 9.97 Å². The largest absolute Gasteiger partial charge is 0.433 e. The van der Waals surface area contributed by atoms with Gasteiger partial charge in [0.1, 0.15) is 5.69 Å². The molecule has 0 radical (unpaired) electrons. The summed E-state index contributed by atoms with van der Waals surface area (Å²) >= 11 is 2.34. The fourth-order valence-electron chi connectivity index (χ4n) is 1.91. The summed E-state index contributed by atoms with van der Waals surface area (Å²) in [6, 6.07) is 0.847. The van der Waals surface area contributed by atoms with E-state index in [1.165, 1.54) is 11.3 Å². The maximum Gasteiger partial charge on any atom is 0.433 e. The lowest BCUT2D eigenvalue weighted by atomic mass is 10.4. The highest BCUT2D eigenvalue weighted by Gasteiger charge is 2.33. The number of anilines is 1. The Kier molecular flexibility index (Phi) is 3.98. The minimum absolute atomic E-state index is 0.0222. The van der Waals surface area contributed by atoms with Crippen molar-refractivity contribution in [1.82, 2.24) is 20.2 Å². The fourth-order valence-corrected chi connectivity index (χ4v) is 3.65. The van der Waals surface area contributed by atoms with E-state index in [1.807, 2.05) is 0 Å². The van der Waals surface area contributed by atoms with Crippen LogP contribution in [0.4, 0.5) is 18.3 Å². The molecule has 1 fully saturated rings. The van der Waals surface area contributed by atoms with Crippen molar-refractivity contribution in [2.45, 2.75) is 28.5 Å². The first-order valence-corrected chi connectivity index (χ1v) is 7.82. The molecule has 1 aliphatic heterocycles. The first kappa shape index (κ1) is 14.5. The molecular formula is C11H10F3N5S2. The van der Waals surface area contributed by atoms with Crippen LogP contribution in [0.1, 0.15) is 18.5 Å². The second-order valence-corrected chi connectivity index (χ2v) is 6.54. The molecule has 112 valence electrons. The fraction of sp³-hybridized carbons (Fsp3) is 0.455. The second-order valence-electron chi connectivity index (χ2n) is 4.37. The first-order chi connectivity index (χ1) is 10.0. The molecule has 0 N–H and O–H groups in total. The summed E-state index contributed by atoms with van der Waals surface area (Å²) in [7, 11) is 0. The van der Waals surface area contributed by atoms with Crippen LogP contribution in [0.2, 0.25) is 0 Å². The summed E-state index contributed by atoms with van der Waals surface area (Å²) in [6.07, 6.45) is -1.13. The summed E-state index contributed by atoms with van der Waals surface area (Å²) in [5, 5.41) is 8.85. The molecule has 0 spiro atoms. The van der Waals surface area contributed by atoms with Crippen molar-refractivity contribution < 1.29 is 13.2 Å². The summed E-state index contributed by atoms with van der Waals surface area (Å²) in [6.45, 7) is 1.89. The topological polar surface area (TPSA) is 54.8 Å². The smallest absolute Gasteiger partial charge is 0.347 e. The maximum atomic E-state index is 12.6. The van der Waals surface area contributed by atoms with E-state index in [-0.39, 0.29) is 5.16 Å². The van der Waals surface area contributed by atoms with Gasteiger partial charge in [-0.3, -0.25) is 0 Å². The molecule has 1 saturated heterocycles. The molecule has 1 aliphatic rings. The third-order valence-electron chi connectivity index (χ3n) is 2.87. The van der Waals surface area contributed by atoms with Crippen LogP contribution in [0.3, 0.4) is 0 Å². The molecule has 5 nitrogen and oxygen atoms in total. The predicted octanol–water partition coefficient (Wildman–Crippen LogP) is 3.10. The number of aromatic nitrogens is 4. The number of rotatable bonds is 3. The highest BCUT2D eigenvalue weighted by molar-refractivity contribution is 8.00. The van der Waals surface area contributed by atoms with Gasteiger partial charge >= 0.3 is 6.18 Å². The molecule has 0 aliphatic carbocycles. The third kappa shape index (κ3) is 3.43. The molecule has 0 aromatic carbocycles. The Morgan fingerprint density at radius 1 is 1.19 bits per heavy atom. The summed E-state index contributed by atoms with van der Waals surface area (Å²) < 4.78 is 38.3. The van der Waals surface area contributed by atoms with Crippen LogP contribution in [0.25, 0.3) is 0 Å². The molecule has 2 aromatic rings. The first-order valence-electron chi connectivity index (χ1n) is 6.19. The van der Waals surface area contributed by atoms with Crippen molar-refractivity contribution in [3.8, 4) is 0 Å². The van der Waals surface area contributed by atoms with Crippen LogP contribution in [-0.4, -0.2) is 33.3 Å². The van der Waals surface area contributed by atoms with Gasteiger partial charge in [-0.2, -0.15) is 13.2 Å². The quantitative estimate of drug-likeness (QED) is 0.805. The van der Waals surface area contributed by atoms with Crippen LogP contribution < -0.4 is 4.90 Å². The van der Waals surface area contributed by atoms with E-state index in [2.05, 4.69) is 25.1 Å². The van der Waals surface area contributed by atoms with Crippen LogP contribution in [-0.2, 0) is 6.18 Å². The molecule has 3 heterocycles. The van der Waals surface area contributed by atoms with E-state index >= 15 is 0 Å². The zero-order valence-corrected chi connectivity index (χ0v) is 12.3. The van der Waals surface area contributed by atoms with Crippen LogP contribution >= 0.6 is 23.1 Å². The number of hydrogen-bond acceptors (Lipinski definition) is 7. The third-order valence-corrected chi connectivity index (χ3v) is 4.79. The molecule has 3 rings (SSSR count). The van der Waals surface area contributed by atoms with Gasteiger partial charge in [0.15, 0.2) is 9.50 Å². The molecule has 10 heteroatoms. The van der Waals surface area contributed by atoms with Crippen molar-refractivity contribution in [3.05, 3.63) is 18.0 Å². The van der Waals surface area contributed by atoms with Gasteiger partial charge in [0.2, 0.25) is 5.13 Å². The lowest BCUT2D eigenvalue weighted by molar-refractivity contribution is -0.141. The van der Waals surface area contributed by atoms with E-state index in [9.17, 15) is 13.2 Å². The van der Waals surface area contributed by atoms with Gasteiger partial charge in [0.25, 0.3) is 0 Å². The molecule has 0 atom stereocenters. The number of nitrogens with zero attached hydrogens (tertiary/aromatic N) is 5. The summed E-state index contributed by atoms with van der Waals surface area (Å²) in [5.41, 5.74) is -0.954. The van der Waals surface area contributed by atoms with Crippen LogP contribution in [0.15, 0.2) is 21.8 Å². The minimum Gasteiger partial charge on any atom is -0.347 e. The normalized spacial score (nSPS) is 15.7. The standard InChI is InChI=1S/C11H10F3N5S2/c12-11(13,14)7-3-4-15-8(16-7)20-10-18-17-9(21-10)19-5-1-2-6-19/h3-4H,1-2,5-6H2. The Hall–Kier alpha value is -1.42. The Labute approximate surface area is 126 Å². The average Bonchev–Trinajstić information content (AvgIpc) is 3.08. The molecule has 0 amide bonds. The molecule has 0 unspecified atom stereocenters. The highest BCUT2D eigenvalue weighted by Crippen LogP contribution is 2.34. The number of halogens is 3. The van der Waals surface area contributed by atoms with Crippen molar-refractivity contribution in [1.29, 1.82) is 0 Å². The predicted molar refractivity (Wildman–Crippen MR) is 72.5 cm³/mol. The van der Waals surface area contributed by atoms with Crippen LogP contribution in [0.5, 0.6) is 0 Å². The summed E-state index contributed by atoms with van der Waals surface area (Å²) in [5.74, 6) is 0. The Bertz CT molecular complexity index is 624. The highest BCUT2D eigenvalue weighted by atomic mass is 32.2. The van der Waals surface area contributed by atoms with Gasteiger partial charge < -0.3 is 4.90 Å². The summed E-state index contributed by atoms with van der Waals surface area (Å²) in [4.78, 5) is 9.45. The van der Waals surface area contributed by atoms with Gasteiger partial charge in [0, 0.05) is 19.3 Å². The van der Waals surface area contributed by atoms with Crippen molar-refractivity contribution in [2.24, 2.45) is 0 Å². The zero-order valence-electron chi connectivity index (χ0n) is 10.7. The van der Waals surface area contributed by atoms with E-state index in [0.29, 0.717) is 4.34 Å². The monoisotopic (exact) mass is 333 g/mol. The van der Waals surface area contributed by atoms with Gasteiger partial charge in [0.05, 0.1) is 0 Å². The Morgan fingerprint density at radius 2 is 1.95 bits per heavy atom. The van der Waals surface area contributed by atoms with Crippen LogP contribution in [0, 0.1) is 0 Å². The Balaban J connectivity index is 1.74. The lowest BCUT2D eigenvalue weighted by Gasteiger charge is -2.10. The Morgan fingerprint density at radius 3 is 2.67 bits per heavy atom. The minimum atomic E-state index is -4.47. The molecule has 0 saturated carbocycles. The second kappa shape index (κ2) is 5.76.